The van der Waals surface area contributed by atoms with E-state index in [1.807, 2.05) is 0 Å². The molecule has 0 radical (unpaired) electrons. The first-order valence-electron chi connectivity index (χ1n) is 9.85. The first-order chi connectivity index (χ1) is 11.7. The van der Waals surface area contributed by atoms with Crippen molar-refractivity contribution >= 4 is 11.6 Å². The average molecular weight is 354 g/mol. The Hall–Kier alpha value is -0.580. The van der Waals surface area contributed by atoms with Gasteiger partial charge in [-0.1, -0.05) is 44.2 Å². The summed E-state index contributed by atoms with van der Waals surface area (Å²) in [4.78, 5) is 10.4. The zero-order valence-corrected chi connectivity index (χ0v) is 15.8. The van der Waals surface area contributed by atoms with Crippen molar-refractivity contribution in [1.29, 1.82) is 0 Å². The van der Waals surface area contributed by atoms with Crippen molar-refractivity contribution in [2.75, 3.05) is 13.1 Å². The van der Waals surface area contributed by atoms with Gasteiger partial charge in [-0.15, -0.1) is 0 Å². The van der Waals surface area contributed by atoms with Gasteiger partial charge in [0.2, 0.25) is 0 Å². The molecule has 2 aliphatic rings. The molecule has 0 aromatic carbocycles. The van der Waals surface area contributed by atoms with Crippen molar-refractivity contribution in [3.8, 4) is 0 Å². The fourth-order valence-corrected chi connectivity index (χ4v) is 4.12. The van der Waals surface area contributed by atoms with E-state index in [0.29, 0.717) is 17.4 Å². The summed E-state index contributed by atoms with van der Waals surface area (Å²) in [7, 11) is 0. The number of imidazole rings is 1. The Morgan fingerprint density at radius 1 is 1.12 bits per heavy atom. The number of nitrogens with zero attached hydrogens (tertiary/aromatic N) is 2. The summed E-state index contributed by atoms with van der Waals surface area (Å²) in [6.45, 7) is 5.27. The molecule has 136 valence electrons. The predicted molar refractivity (Wildman–Crippen MR) is 98.5 cm³/mol. The molecular weight excluding hydrogens is 322 g/mol. The average Bonchev–Trinajstić information content (AvgIpc) is 2.95. The Bertz CT molecular complexity index is 491. The van der Waals surface area contributed by atoms with E-state index < -0.39 is 0 Å². The number of aromatic amines is 1. The third kappa shape index (κ3) is 5.21. The molecule has 1 aliphatic heterocycles. The number of halogens is 1. The fourth-order valence-electron chi connectivity index (χ4n) is 3.91. The molecule has 0 atom stereocenters. The van der Waals surface area contributed by atoms with Gasteiger partial charge in [0.05, 0.1) is 17.9 Å². The topological polar surface area (TPSA) is 41.2 Å². The van der Waals surface area contributed by atoms with Crippen LogP contribution >= 0.6 is 11.6 Å². The Morgan fingerprint density at radius 3 is 2.54 bits per heavy atom. The normalized spacial score (nSPS) is 21.4. The summed E-state index contributed by atoms with van der Waals surface area (Å²) >= 11 is 6.31. The van der Waals surface area contributed by atoms with Crippen molar-refractivity contribution in [1.82, 2.24) is 14.9 Å². The van der Waals surface area contributed by atoms with E-state index in [1.165, 1.54) is 38.5 Å². The van der Waals surface area contributed by atoms with Crippen LogP contribution in [0.2, 0.25) is 5.15 Å². The van der Waals surface area contributed by atoms with E-state index in [0.717, 1.165) is 56.8 Å². The summed E-state index contributed by atoms with van der Waals surface area (Å²) in [5.41, 5.74) is 1.08. The molecule has 1 aromatic rings. The molecule has 1 saturated carbocycles. The van der Waals surface area contributed by atoms with Crippen LogP contribution in [0.25, 0.3) is 0 Å². The predicted octanol–water partition coefficient (Wildman–Crippen LogP) is 4.72. The highest BCUT2D eigenvalue weighted by Gasteiger charge is 2.24. The van der Waals surface area contributed by atoms with Crippen molar-refractivity contribution in [2.24, 2.45) is 0 Å². The molecule has 1 aromatic heterocycles. The van der Waals surface area contributed by atoms with Gasteiger partial charge in [0.25, 0.3) is 0 Å². The number of H-pyrrole nitrogens is 1. The minimum atomic E-state index is 0.460. The molecule has 4 nitrogen and oxygen atoms in total. The molecule has 1 aliphatic carbocycles. The summed E-state index contributed by atoms with van der Waals surface area (Å²) < 4.78 is 6.33. The number of hydrogen-bond acceptors (Lipinski definition) is 3. The quantitative estimate of drug-likeness (QED) is 0.771. The van der Waals surface area contributed by atoms with Gasteiger partial charge in [0, 0.05) is 26.1 Å². The summed E-state index contributed by atoms with van der Waals surface area (Å²) in [5, 5.41) is 0.654. The lowest BCUT2D eigenvalue weighted by atomic mass is 9.97. The Balaban J connectivity index is 1.42. The minimum absolute atomic E-state index is 0.460. The number of unbranched alkanes of at least 4 members (excludes halogenated alkanes) is 1. The van der Waals surface area contributed by atoms with Gasteiger partial charge in [-0.3, -0.25) is 4.90 Å². The van der Waals surface area contributed by atoms with Crippen LogP contribution in [0.3, 0.4) is 0 Å². The van der Waals surface area contributed by atoms with Crippen LogP contribution in [0.4, 0.5) is 0 Å². The molecule has 1 saturated heterocycles. The Labute approximate surface area is 151 Å². The molecule has 0 unspecified atom stereocenters. The highest BCUT2D eigenvalue weighted by atomic mass is 35.5. The standard InChI is InChI=1S/C19H32ClN3O/c1-2-3-9-18-21-17(19(20)22-18)14-23-12-10-16(11-13-23)24-15-7-5-4-6-8-15/h15-16H,2-14H2,1H3,(H,21,22). The van der Waals surface area contributed by atoms with E-state index in [-0.39, 0.29) is 0 Å². The van der Waals surface area contributed by atoms with Gasteiger partial charge in [-0.05, 0) is 32.1 Å². The number of ether oxygens (including phenoxy) is 1. The molecule has 2 heterocycles. The summed E-state index contributed by atoms with van der Waals surface area (Å²) in [6, 6.07) is 0. The molecule has 3 rings (SSSR count). The van der Waals surface area contributed by atoms with Gasteiger partial charge in [0.1, 0.15) is 5.82 Å². The second-order valence-corrected chi connectivity index (χ2v) is 7.79. The third-order valence-electron chi connectivity index (χ3n) is 5.40. The molecule has 0 amide bonds. The molecule has 24 heavy (non-hydrogen) atoms. The minimum Gasteiger partial charge on any atom is -0.375 e. The summed E-state index contributed by atoms with van der Waals surface area (Å²) in [6.07, 6.45) is 13.2. The van der Waals surface area contributed by atoms with Crippen LogP contribution in [0.5, 0.6) is 0 Å². The summed E-state index contributed by atoms with van der Waals surface area (Å²) in [5.74, 6) is 1.03. The molecule has 2 fully saturated rings. The van der Waals surface area contributed by atoms with Crippen molar-refractivity contribution in [2.45, 2.75) is 89.9 Å². The number of rotatable bonds is 7. The zero-order chi connectivity index (χ0) is 16.8. The van der Waals surface area contributed by atoms with Crippen LogP contribution in [-0.2, 0) is 17.7 Å². The fraction of sp³-hybridized carbons (Fsp3) is 0.842. The smallest absolute Gasteiger partial charge is 0.151 e. The van der Waals surface area contributed by atoms with Gasteiger partial charge in [-0.2, -0.15) is 0 Å². The van der Waals surface area contributed by atoms with E-state index >= 15 is 0 Å². The maximum absolute atomic E-state index is 6.33. The number of likely N-dealkylation sites (tertiary alicyclic amines) is 1. The second kappa shape index (κ2) is 9.21. The monoisotopic (exact) mass is 353 g/mol. The highest BCUT2D eigenvalue weighted by molar-refractivity contribution is 6.30. The molecular formula is C19H32ClN3O. The van der Waals surface area contributed by atoms with E-state index in [4.69, 9.17) is 16.3 Å². The second-order valence-electron chi connectivity index (χ2n) is 7.43. The lowest BCUT2D eigenvalue weighted by Gasteiger charge is -2.34. The van der Waals surface area contributed by atoms with Crippen LogP contribution in [0, 0.1) is 0 Å². The van der Waals surface area contributed by atoms with Gasteiger partial charge >= 0.3 is 0 Å². The number of aromatic nitrogens is 2. The van der Waals surface area contributed by atoms with Crippen LogP contribution in [0.1, 0.15) is 76.2 Å². The largest absolute Gasteiger partial charge is 0.375 e. The van der Waals surface area contributed by atoms with Gasteiger partial charge in [0.15, 0.2) is 5.15 Å². The molecule has 0 spiro atoms. The van der Waals surface area contributed by atoms with E-state index in [1.54, 1.807) is 0 Å². The van der Waals surface area contributed by atoms with Crippen molar-refractivity contribution in [3.05, 3.63) is 16.7 Å². The highest BCUT2D eigenvalue weighted by Crippen LogP contribution is 2.25. The molecule has 0 bridgehead atoms. The maximum atomic E-state index is 6.33. The van der Waals surface area contributed by atoms with Gasteiger partial charge in [-0.25, -0.2) is 4.98 Å². The zero-order valence-electron chi connectivity index (χ0n) is 15.0. The van der Waals surface area contributed by atoms with Gasteiger partial charge < -0.3 is 9.72 Å². The van der Waals surface area contributed by atoms with E-state index in [2.05, 4.69) is 21.8 Å². The number of hydrogen-bond donors (Lipinski definition) is 1. The van der Waals surface area contributed by atoms with E-state index in [9.17, 15) is 0 Å². The lowest BCUT2D eigenvalue weighted by molar-refractivity contribution is -0.0566. The molecule has 5 heteroatoms. The number of aryl methyl sites for hydroxylation is 1. The SMILES string of the molecule is CCCCc1nc(Cl)c(CN2CCC(OC3CCCCC3)CC2)[nH]1. The lowest BCUT2D eigenvalue weighted by Crippen LogP contribution is -2.38. The van der Waals surface area contributed by atoms with Crippen molar-refractivity contribution in [3.63, 3.8) is 0 Å². The molecule has 1 N–H and O–H groups in total. The number of nitrogens with one attached hydrogen (secondary N) is 1. The Kier molecular flexibility index (Phi) is 6.99. The first kappa shape index (κ1) is 18.2. The van der Waals surface area contributed by atoms with Crippen LogP contribution in [0.15, 0.2) is 0 Å². The first-order valence-corrected chi connectivity index (χ1v) is 10.2. The third-order valence-corrected chi connectivity index (χ3v) is 5.71. The van der Waals surface area contributed by atoms with Crippen molar-refractivity contribution < 1.29 is 4.74 Å². The maximum Gasteiger partial charge on any atom is 0.151 e. The van der Waals surface area contributed by atoms with Crippen LogP contribution < -0.4 is 0 Å². The Morgan fingerprint density at radius 2 is 1.83 bits per heavy atom. The van der Waals surface area contributed by atoms with Crippen LogP contribution in [-0.4, -0.2) is 40.2 Å². The number of piperidine rings is 1.